The van der Waals surface area contributed by atoms with Crippen LogP contribution in [0, 0.1) is 0 Å². The molecule has 0 unspecified atom stereocenters. The van der Waals surface area contributed by atoms with E-state index in [-0.39, 0.29) is 12.1 Å². The SMILES string of the molecule is O[C@H]1COC[C@@H]1N1CCCN(c2ncccn2)CC1. The molecular formula is C13H20N4O2. The van der Waals surface area contributed by atoms with E-state index in [0.29, 0.717) is 13.2 Å². The van der Waals surface area contributed by atoms with Crippen LogP contribution in [0.15, 0.2) is 18.5 Å². The topological polar surface area (TPSA) is 61.7 Å². The summed E-state index contributed by atoms with van der Waals surface area (Å²) < 4.78 is 5.34. The minimum atomic E-state index is -0.348. The first kappa shape index (κ1) is 12.8. The monoisotopic (exact) mass is 264 g/mol. The molecule has 19 heavy (non-hydrogen) atoms. The zero-order chi connectivity index (χ0) is 13.1. The number of aliphatic hydroxyl groups is 1. The molecule has 0 radical (unpaired) electrons. The van der Waals surface area contributed by atoms with Gasteiger partial charge >= 0.3 is 0 Å². The minimum absolute atomic E-state index is 0.150. The number of aromatic nitrogens is 2. The third-order valence-corrected chi connectivity index (χ3v) is 3.86. The Labute approximate surface area is 113 Å². The van der Waals surface area contributed by atoms with Crippen LogP contribution in [0.4, 0.5) is 5.95 Å². The molecule has 6 heteroatoms. The highest BCUT2D eigenvalue weighted by atomic mass is 16.5. The summed E-state index contributed by atoms with van der Waals surface area (Å²) in [5.74, 6) is 0.799. The normalized spacial score (nSPS) is 29.4. The lowest BCUT2D eigenvalue weighted by molar-refractivity contribution is 0.0859. The molecule has 0 amide bonds. The van der Waals surface area contributed by atoms with Gasteiger partial charge in [0.25, 0.3) is 0 Å². The van der Waals surface area contributed by atoms with E-state index < -0.39 is 0 Å². The fraction of sp³-hybridized carbons (Fsp3) is 0.692. The van der Waals surface area contributed by atoms with Crippen LogP contribution in [-0.4, -0.2) is 71.5 Å². The highest BCUT2D eigenvalue weighted by Crippen LogP contribution is 2.17. The van der Waals surface area contributed by atoms with Gasteiger partial charge in [-0.25, -0.2) is 9.97 Å². The van der Waals surface area contributed by atoms with Crippen molar-refractivity contribution >= 4 is 5.95 Å². The maximum atomic E-state index is 9.91. The first-order valence-electron chi connectivity index (χ1n) is 6.86. The molecule has 0 aromatic carbocycles. The fourth-order valence-corrected chi connectivity index (χ4v) is 2.80. The van der Waals surface area contributed by atoms with E-state index in [9.17, 15) is 5.11 Å². The van der Waals surface area contributed by atoms with Crippen LogP contribution in [0.5, 0.6) is 0 Å². The van der Waals surface area contributed by atoms with Gasteiger partial charge in [0.1, 0.15) is 0 Å². The van der Waals surface area contributed by atoms with Gasteiger partial charge in [-0.3, -0.25) is 4.90 Å². The lowest BCUT2D eigenvalue weighted by Gasteiger charge is -2.28. The van der Waals surface area contributed by atoms with Gasteiger partial charge in [-0.05, 0) is 12.5 Å². The van der Waals surface area contributed by atoms with Gasteiger partial charge in [-0.1, -0.05) is 0 Å². The Hall–Kier alpha value is -1.24. The van der Waals surface area contributed by atoms with Gasteiger partial charge in [0, 0.05) is 38.6 Å². The van der Waals surface area contributed by atoms with Crippen LogP contribution in [0.1, 0.15) is 6.42 Å². The summed E-state index contributed by atoms with van der Waals surface area (Å²) in [6, 6.07) is 1.98. The number of hydrogen-bond donors (Lipinski definition) is 1. The Morgan fingerprint density at radius 1 is 1.11 bits per heavy atom. The molecule has 104 valence electrons. The maximum absolute atomic E-state index is 9.91. The molecular weight excluding hydrogens is 244 g/mol. The second kappa shape index (κ2) is 5.81. The van der Waals surface area contributed by atoms with Crippen molar-refractivity contribution in [1.29, 1.82) is 0 Å². The van der Waals surface area contributed by atoms with Crippen LogP contribution in [0.3, 0.4) is 0 Å². The number of ether oxygens (including phenoxy) is 1. The summed E-state index contributed by atoms with van der Waals surface area (Å²) in [6.45, 7) is 4.88. The van der Waals surface area contributed by atoms with Crippen molar-refractivity contribution in [1.82, 2.24) is 14.9 Å². The standard InChI is InChI=1S/C13H20N4O2/c18-12-10-19-9-11(12)16-5-2-6-17(8-7-16)13-14-3-1-4-15-13/h1,3-4,11-12,18H,2,5-10H2/t11-,12-/m0/s1. The molecule has 1 aromatic heterocycles. The molecule has 0 bridgehead atoms. The molecule has 2 atom stereocenters. The van der Waals surface area contributed by atoms with Crippen LogP contribution >= 0.6 is 0 Å². The largest absolute Gasteiger partial charge is 0.389 e. The lowest BCUT2D eigenvalue weighted by Crippen LogP contribution is -2.44. The first-order valence-corrected chi connectivity index (χ1v) is 6.86. The Morgan fingerprint density at radius 2 is 1.95 bits per heavy atom. The number of anilines is 1. The highest BCUT2D eigenvalue weighted by molar-refractivity contribution is 5.28. The number of aliphatic hydroxyl groups excluding tert-OH is 1. The van der Waals surface area contributed by atoms with Gasteiger partial charge in [-0.15, -0.1) is 0 Å². The zero-order valence-electron chi connectivity index (χ0n) is 11.0. The molecule has 3 heterocycles. The Kier molecular flexibility index (Phi) is 3.91. The quantitative estimate of drug-likeness (QED) is 0.795. The summed E-state index contributed by atoms with van der Waals surface area (Å²) in [4.78, 5) is 13.2. The van der Waals surface area contributed by atoms with Gasteiger partial charge in [0.2, 0.25) is 5.95 Å². The second-order valence-electron chi connectivity index (χ2n) is 5.10. The van der Waals surface area contributed by atoms with Crippen molar-refractivity contribution in [3.05, 3.63) is 18.5 Å². The second-order valence-corrected chi connectivity index (χ2v) is 5.10. The Morgan fingerprint density at radius 3 is 2.68 bits per heavy atom. The molecule has 3 rings (SSSR count). The van der Waals surface area contributed by atoms with Crippen LogP contribution in [0.25, 0.3) is 0 Å². The van der Waals surface area contributed by atoms with Gasteiger partial charge in [0.05, 0.1) is 25.4 Å². The minimum Gasteiger partial charge on any atom is -0.389 e. The Bertz CT molecular complexity index is 403. The molecule has 2 saturated heterocycles. The molecule has 1 aromatic rings. The van der Waals surface area contributed by atoms with E-state index in [4.69, 9.17) is 4.74 Å². The first-order chi connectivity index (χ1) is 9.34. The average molecular weight is 264 g/mol. The van der Waals surface area contributed by atoms with Crippen molar-refractivity contribution in [2.75, 3.05) is 44.3 Å². The van der Waals surface area contributed by atoms with Crippen LogP contribution < -0.4 is 4.90 Å². The third-order valence-electron chi connectivity index (χ3n) is 3.86. The van der Waals surface area contributed by atoms with E-state index in [2.05, 4.69) is 19.8 Å². The van der Waals surface area contributed by atoms with Crippen molar-refractivity contribution in [2.45, 2.75) is 18.6 Å². The van der Waals surface area contributed by atoms with Crippen molar-refractivity contribution in [3.8, 4) is 0 Å². The van der Waals surface area contributed by atoms with E-state index in [1.807, 2.05) is 6.07 Å². The van der Waals surface area contributed by atoms with Crippen molar-refractivity contribution < 1.29 is 9.84 Å². The average Bonchev–Trinajstić information content (AvgIpc) is 2.74. The number of nitrogens with zero attached hydrogens (tertiary/aromatic N) is 4. The fourth-order valence-electron chi connectivity index (χ4n) is 2.80. The summed E-state index contributed by atoms with van der Waals surface area (Å²) in [7, 11) is 0. The molecule has 1 N–H and O–H groups in total. The molecule has 0 aliphatic carbocycles. The maximum Gasteiger partial charge on any atom is 0.225 e. The van der Waals surface area contributed by atoms with E-state index in [1.54, 1.807) is 12.4 Å². The number of rotatable bonds is 2. The third kappa shape index (κ3) is 2.86. The molecule has 6 nitrogen and oxygen atoms in total. The molecule has 2 aliphatic rings. The van der Waals surface area contributed by atoms with Gasteiger partial charge in [-0.2, -0.15) is 0 Å². The van der Waals surface area contributed by atoms with E-state index >= 15 is 0 Å². The summed E-state index contributed by atoms with van der Waals surface area (Å²) >= 11 is 0. The molecule has 0 saturated carbocycles. The summed E-state index contributed by atoms with van der Waals surface area (Å²) in [5, 5.41) is 9.91. The van der Waals surface area contributed by atoms with Crippen molar-refractivity contribution in [2.24, 2.45) is 0 Å². The smallest absolute Gasteiger partial charge is 0.225 e. The van der Waals surface area contributed by atoms with Gasteiger partial charge in [0.15, 0.2) is 0 Å². The van der Waals surface area contributed by atoms with Crippen LogP contribution in [-0.2, 0) is 4.74 Å². The van der Waals surface area contributed by atoms with E-state index in [0.717, 1.165) is 38.5 Å². The summed E-state index contributed by atoms with van der Waals surface area (Å²) in [5.41, 5.74) is 0. The lowest BCUT2D eigenvalue weighted by atomic mass is 10.2. The number of hydrogen-bond acceptors (Lipinski definition) is 6. The predicted octanol–water partition coefficient (Wildman–Crippen LogP) is -0.252. The molecule has 2 aliphatic heterocycles. The van der Waals surface area contributed by atoms with Crippen LogP contribution in [0.2, 0.25) is 0 Å². The highest BCUT2D eigenvalue weighted by Gasteiger charge is 2.32. The van der Waals surface area contributed by atoms with E-state index in [1.165, 1.54) is 0 Å². The predicted molar refractivity (Wildman–Crippen MR) is 71.0 cm³/mol. The molecule has 0 spiro atoms. The van der Waals surface area contributed by atoms with Crippen molar-refractivity contribution in [3.63, 3.8) is 0 Å². The zero-order valence-corrected chi connectivity index (χ0v) is 11.0. The molecule has 2 fully saturated rings. The Balaban J connectivity index is 1.63. The van der Waals surface area contributed by atoms with Gasteiger partial charge < -0.3 is 14.7 Å². The summed E-state index contributed by atoms with van der Waals surface area (Å²) in [6.07, 6.45) is 4.26.